The summed E-state index contributed by atoms with van der Waals surface area (Å²) in [5.41, 5.74) is -0.965. The fraction of sp³-hybridized carbons (Fsp3) is 0.292. The normalized spacial score (nSPS) is 14.7. The Morgan fingerprint density at radius 1 is 1.06 bits per heavy atom. The molecule has 0 atom stereocenters. The Balaban J connectivity index is 1.50. The number of rotatable bonds is 6. The highest BCUT2D eigenvalue weighted by atomic mass is 19.4. The highest BCUT2D eigenvalue weighted by Crippen LogP contribution is 2.34. The van der Waals surface area contributed by atoms with E-state index in [0.717, 1.165) is 36.4 Å². The van der Waals surface area contributed by atoms with Crippen molar-refractivity contribution in [2.75, 3.05) is 18.0 Å². The average Bonchev–Trinajstić information content (AvgIpc) is 2.79. The summed E-state index contributed by atoms with van der Waals surface area (Å²) in [6.07, 6.45) is -2.12. The van der Waals surface area contributed by atoms with Crippen LogP contribution in [0.1, 0.15) is 24.8 Å². The maximum absolute atomic E-state index is 14.9. The summed E-state index contributed by atoms with van der Waals surface area (Å²) in [6.45, 7) is 0.663. The van der Waals surface area contributed by atoms with Crippen molar-refractivity contribution in [1.29, 1.82) is 0 Å². The first kappa shape index (κ1) is 24.4. The topological polar surface area (TPSA) is 75.5 Å². The molecule has 184 valence electrons. The second kappa shape index (κ2) is 9.85. The van der Waals surface area contributed by atoms with Gasteiger partial charge in [0.15, 0.2) is 5.82 Å². The van der Waals surface area contributed by atoms with Gasteiger partial charge in [0.05, 0.1) is 5.56 Å². The molecule has 0 unspecified atom stereocenters. The molecule has 1 aliphatic rings. The van der Waals surface area contributed by atoms with Gasteiger partial charge >= 0.3 is 12.1 Å². The third-order valence-corrected chi connectivity index (χ3v) is 5.70. The van der Waals surface area contributed by atoms with Crippen molar-refractivity contribution in [3.63, 3.8) is 0 Å². The minimum atomic E-state index is -4.48. The van der Waals surface area contributed by atoms with Crippen molar-refractivity contribution in [2.45, 2.75) is 25.4 Å². The van der Waals surface area contributed by atoms with E-state index in [1.54, 1.807) is 4.90 Å². The van der Waals surface area contributed by atoms with Crippen molar-refractivity contribution < 1.29 is 36.6 Å². The van der Waals surface area contributed by atoms with E-state index in [4.69, 9.17) is 9.84 Å². The first-order valence-electron chi connectivity index (χ1n) is 10.7. The summed E-state index contributed by atoms with van der Waals surface area (Å²) < 4.78 is 73.4. The lowest BCUT2D eigenvalue weighted by molar-refractivity contribution is -0.138. The number of alkyl halides is 3. The van der Waals surface area contributed by atoms with E-state index in [9.17, 15) is 26.7 Å². The first-order chi connectivity index (χ1) is 16.6. The molecule has 1 aliphatic heterocycles. The molecule has 0 bridgehead atoms. The number of hydrogen-bond acceptors (Lipinski definition) is 5. The highest BCUT2D eigenvalue weighted by molar-refractivity contribution is 5.67. The number of hydrogen-bond donors (Lipinski definition) is 1. The summed E-state index contributed by atoms with van der Waals surface area (Å²) in [6, 6.07) is 7.56. The molecule has 1 fully saturated rings. The number of ether oxygens (including phenoxy) is 1. The Labute approximate surface area is 197 Å². The van der Waals surface area contributed by atoms with E-state index in [-0.39, 0.29) is 41.0 Å². The molecule has 0 spiro atoms. The molecule has 1 aromatic heterocycles. The van der Waals surface area contributed by atoms with Gasteiger partial charge in [-0.25, -0.2) is 13.8 Å². The Kier molecular flexibility index (Phi) is 6.86. The van der Waals surface area contributed by atoms with Crippen LogP contribution in [0.4, 0.5) is 27.6 Å². The number of benzene rings is 2. The summed E-state index contributed by atoms with van der Waals surface area (Å²) in [7, 11) is 0. The molecule has 1 saturated heterocycles. The molecule has 0 radical (unpaired) electrons. The number of piperidine rings is 1. The van der Waals surface area contributed by atoms with Crippen molar-refractivity contribution >= 4 is 11.7 Å². The van der Waals surface area contributed by atoms with Gasteiger partial charge in [0.1, 0.15) is 23.1 Å². The van der Waals surface area contributed by atoms with Crippen LogP contribution in [-0.2, 0) is 11.0 Å². The molecule has 0 aliphatic carbocycles. The van der Waals surface area contributed by atoms with Crippen LogP contribution in [0.15, 0.2) is 48.7 Å². The van der Waals surface area contributed by atoms with Gasteiger partial charge in [-0.15, -0.1) is 0 Å². The SMILES string of the molecule is O=C(O)CC1CCN(c2c(F)cc(-c3nccc(Oc4ccc(C(F)(F)F)cc4)n3)cc2F)CC1. The van der Waals surface area contributed by atoms with Crippen molar-refractivity contribution in [3.8, 4) is 23.0 Å². The number of aromatic nitrogens is 2. The van der Waals surface area contributed by atoms with E-state index < -0.39 is 29.3 Å². The van der Waals surface area contributed by atoms with Gasteiger partial charge in [0.25, 0.3) is 0 Å². The van der Waals surface area contributed by atoms with Crippen molar-refractivity contribution in [1.82, 2.24) is 9.97 Å². The lowest BCUT2D eigenvalue weighted by Gasteiger charge is -2.33. The van der Waals surface area contributed by atoms with Crippen molar-refractivity contribution in [3.05, 3.63) is 65.9 Å². The molecular weight excluding hydrogens is 473 g/mol. The van der Waals surface area contributed by atoms with E-state index >= 15 is 0 Å². The summed E-state index contributed by atoms with van der Waals surface area (Å²) in [5.74, 6) is -2.49. The molecule has 0 saturated carbocycles. The predicted octanol–water partition coefficient (Wildman–Crippen LogP) is 5.92. The fourth-order valence-corrected chi connectivity index (χ4v) is 3.98. The molecule has 35 heavy (non-hydrogen) atoms. The predicted molar refractivity (Wildman–Crippen MR) is 116 cm³/mol. The summed E-state index contributed by atoms with van der Waals surface area (Å²) >= 11 is 0. The van der Waals surface area contributed by atoms with Gasteiger partial charge < -0.3 is 14.7 Å². The maximum Gasteiger partial charge on any atom is 0.416 e. The quantitative estimate of drug-likeness (QED) is 0.430. The number of carboxylic acids is 1. The minimum Gasteiger partial charge on any atom is -0.481 e. The van der Waals surface area contributed by atoms with E-state index in [1.807, 2.05) is 0 Å². The highest BCUT2D eigenvalue weighted by Gasteiger charge is 2.30. The lowest BCUT2D eigenvalue weighted by atomic mass is 9.93. The second-order valence-corrected chi connectivity index (χ2v) is 8.16. The second-order valence-electron chi connectivity index (χ2n) is 8.16. The molecule has 6 nitrogen and oxygen atoms in total. The van der Waals surface area contributed by atoms with Crippen LogP contribution in [0.25, 0.3) is 11.4 Å². The lowest BCUT2D eigenvalue weighted by Crippen LogP contribution is -2.35. The Morgan fingerprint density at radius 2 is 1.69 bits per heavy atom. The molecule has 2 aromatic carbocycles. The number of aliphatic carboxylic acids is 1. The Hall–Kier alpha value is -3.76. The number of anilines is 1. The van der Waals surface area contributed by atoms with Crippen LogP contribution in [-0.4, -0.2) is 34.1 Å². The van der Waals surface area contributed by atoms with Gasteiger partial charge in [-0.1, -0.05) is 0 Å². The number of halogens is 5. The molecule has 4 rings (SSSR count). The Bertz CT molecular complexity index is 1190. The summed E-state index contributed by atoms with van der Waals surface area (Å²) in [5, 5.41) is 8.92. The van der Waals surface area contributed by atoms with E-state index in [0.29, 0.717) is 25.9 Å². The van der Waals surface area contributed by atoms with Gasteiger partial charge in [-0.3, -0.25) is 4.79 Å². The zero-order valence-corrected chi connectivity index (χ0v) is 18.2. The molecule has 0 amide bonds. The van der Waals surface area contributed by atoms with Crippen molar-refractivity contribution in [2.24, 2.45) is 5.92 Å². The monoisotopic (exact) mass is 493 g/mol. The largest absolute Gasteiger partial charge is 0.481 e. The number of carboxylic acid groups (broad SMARTS) is 1. The molecule has 1 N–H and O–H groups in total. The van der Waals surface area contributed by atoms with Crippen LogP contribution >= 0.6 is 0 Å². The third kappa shape index (κ3) is 5.84. The van der Waals surface area contributed by atoms with Crippen LogP contribution in [0.2, 0.25) is 0 Å². The maximum atomic E-state index is 14.9. The average molecular weight is 493 g/mol. The number of carbonyl (C=O) groups is 1. The van der Waals surface area contributed by atoms with Gasteiger partial charge in [-0.05, 0) is 55.2 Å². The smallest absolute Gasteiger partial charge is 0.416 e. The van der Waals surface area contributed by atoms with E-state index in [2.05, 4.69) is 9.97 Å². The Morgan fingerprint density at radius 3 is 2.26 bits per heavy atom. The molecule has 2 heterocycles. The van der Waals surface area contributed by atoms with E-state index in [1.165, 1.54) is 12.3 Å². The molecule has 3 aromatic rings. The van der Waals surface area contributed by atoms with Gasteiger partial charge in [0, 0.05) is 37.3 Å². The zero-order valence-electron chi connectivity index (χ0n) is 18.2. The van der Waals surface area contributed by atoms with Gasteiger partial charge in [0.2, 0.25) is 5.88 Å². The van der Waals surface area contributed by atoms with Crippen LogP contribution in [0.3, 0.4) is 0 Å². The first-order valence-corrected chi connectivity index (χ1v) is 10.7. The third-order valence-electron chi connectivity index (χ3n) is 5.70. The van der Waals surface area contributed by atoms with Crippen LogP contribution in [0.5, 0.6) is 11.6 Å². The number of nitrogens with zero attached hydrogens (tertiary/aromatic N) is 3. The standard InChI is InChI=1S/C24H20F5N3O3/c25-18-12-15(13-19(26)22(18)32-9-6-14(7-10-32)11-21(33)34)23-30-8-5-20(31-23)35-17-3-1-16(2-4-17)24(27,28)29/h1-5,8,12-14H,6-7,9-11H2,(H,33,34). The minimum absolute atomic E-state index is 0.0137. The zero-order chi connectivity index (χ0) is 25.2. The van der Waals surface area contributed by atoms with Crippen LogP contribution in [0, 0.1) is 17.6 Å². The summed E-state index contributed by atoms with van der Waals surface area (Å²) in [4.78, 5) is 20.6. The molecular formula is C24H20F5N3O3. The van der Waals surface area contributed by atoms with Crippen LogP contribution < -0.4 is 9.64 Å². The fourth-order valence-electron chi connectivity index (χ4n) is 3.98. The molecule has 11 heteroatoms. The van der Waals surface area contributed by atoms with Gasteiger partial charge in [-0.2, -0.15) is 18.2 Å².